The third-order valence-corrected chi connectivity index (χ3v) is 5.14. The molecule has 26 heavy (non-hydrogen) atoms. The smallest absolute Gasteiger partial charge is 0.161 e. The first kappa shape index (κ1) is 25.4. The molecule has 1 N–H and O–H groups in total. The molecule has 1 unspecified atom stereocenters. The number of Topliss-reactive ketones (excluding diaryl/α,β-unsaturated/α-hetero) is 1. The number of hydrogen-bond donors (Lipinski definition) is 1. The second kappa shape index (κ2) is 20.7. The molecule has 1 atom stereocenters. The zero-order chi connectivity index (χ0) is 19.3. The SMILES string of the molecule is CCCCCCCC/C=C\CCCCCCCC(=O)C(O)CCCCC. The van der Waals surface area contributed by atoms with Crippen molar-refractivity contribution in [3.8, 4) is 0 Å². The highest BCUT2D eigenvalue weighted by atomic mass is 16.3. The highest BCUT2D eigenvalue weighted by Crippen LogP contribution is 2.12. The monoisotopic (exact) mass is 366 g/mol. The fourth-order valence-corrected chi connectivity index (χ4v) is 3.29. The van der Waals surface area contributed by atoms with Crippen molar-refractivity contribution in [1.29, 1.82) is 0 Å². The normalized spacial score (nSPS) is 12.7. The second-order valence-electron chi connectivity index (χ2n) is 7.81. The first-order chi connectivity index (χ1) is 12.7. The number of carbonyl (C=O) groups excluding carboxylic acids is 1. The zero-order valence-electron chi connectivity index (χ0n) is 17.8. The predicted octanol–water partition coefficient (Wildman–Crippen LogP) is 7.53. The lowest BCUT2D eigenvalue weighted by Gasteiger charge is -2.08. The number of aliphatic hydroxyl groups is 1. The Morgan fingerprint density at radius 3 is 1.73 bits per heavy atom. The molecule has 0 aromatic carbocycles. The molecule has 0 saturated heterocycles. The van der Waals surface area contributed by atoms with Gasteiger partial charge in [0.25, 0.3) is 0 Å². The summed E-state index contributed by atoms with van der Waals surface area (Å²) in [6, 6.07) is 0. The van der Waals surface area contributed by atoms with Crippen LogP contribution in [0.5, 0.6) is 0 Å². The molecule has 0 amide bonds. The van der Waals surface area contributed by atoms with Crippen molar-refractivity contribution in [2.24, 2.45) is 0 Å². The molecule has 0 heterocycles. The van der Waals surface area contributed by atoms with E-state index in [4.69, 9.17) is 0 Å². The number of carbonyl (C=O) groups is 1. The molecule has 0 fully saturated rings. The molecule has 2 heteroatoms. The van der Waals surface area contributed by atoms with Gasteiger partial charge in [-0.25, -0.2) is 0 Å². The van der Waals surface area contributed by atoms with Crippen molar-refractivity contribution < 1.29 is 9.90 Å². The molecule has 0 spiro atoms. The fourth-order valence-electron chi connectivity index (χ4n) is 3.29. The Labute approximate surface area is 163 Å². The minimum absolute atomic E-state index is 0.0544. The van der Waals surface area contributed by atoms with Crippen LogP contribution in [-0.4, -0.2) is 17.0 Å². The number of ketones is 1. The van der Waals surface area contributed by atoms with Gasteiger partial charge in [0.1, 0.15) is 6.10 Å². The summed E-state index contributed by atoms with van der Waals surface area (Å²) < 4.78 is 0. The minimum atomic E-state index is -0.710. The van der Waals surface area contributed by atoms with Crippen LogP contribution in [0, 0.1) is 0 Å². The van der Waals surface area contributed by atoms with Gasteiger partial charge >= 0.3 is 0 Å². The Balaban J connectivity index is 3.30. The van der Waals surface area contributed by atoms with Crippen LogP contribution in [0.15, 0.2) is 12.2 Å². The Morgan fingerprint density at radius 2 is 1.15 bits per heavy atom. The molecule has 0 aliphatic heterocycles. The summed E-state index contributed by atoms with van der Waals surface area (Å²) in [5.41, 5.74) is 0. The Morgan fingerprint density at radius 1 is 0.692 bits per heavy atom. The maximum atomic E-state index is 11.8. The lowest BCUT2D eigenvalue weighted by Crippen LogP contribution is -2.19. The number of rotatable bonds is 20. The fraction of sp³-hybridized carbons (Fsp3) is 0.875. The summed E-state index contributed by atoms with van der Waals surface area (Å²) >= 11 is 0. The zero-order valence-corrected chi connectivity index (χ0v) is 17.8. The van der Waals surface area contributed by atoms with Crippen LogP contribution in [0.25, 0.3) is 0 Å². The third kappa shape index (κ3) is 18.2. The predicted molar refractivity (Wildman–Crippen MR) is 115 cm³/mol. The average molecular weight is 367 g/mol. The first-order valence-corrected chi connectivity index (χ1v) is 11.6. The largest absolute Gasteiger partial charge is 0.385 e. The van der Waals surface area contributed by atoms with Crippen LogP contribution in [0.1, 0.15) is 129 Å². The van der Waals surface area contributed by atoms with Crippen molar-refractivity contribution in [2.45, 2.75) is 136 Å². The Hall–Kier alpha value is -0.630. The van der Waals surface area contributed by atoms with Crippen LogP contribution >= 0.6 is 0 Å². The van der Waals surface area contributed by atoms with E-state index in [1.807, 2.05) is 0 Å². The molecule has 0 rings (SSSR count). The standard InChI is InChI=1S/C24H46O2/c1-3-5-7-8-9-10-11-12-13-14-15-16-17-18-20-22-24(26)23(25)21-19-6-4-2/h12-13,23,25H,3-11,14-22H2,1-2H3/b13-12-. The highest BCUT2D eigenvalue weighted by Gasteiger charge is 2.13. The topological polar surface area (TPSA) is 37.3 Å². The second-order valence-corrected chi connectivity index (χ2v) is 7.81. The number of unbranched alkanes of at least 4 members (excludes halogenated alkanes) is 13. The van der Waals surface area contributed by atoms with Gasteiger partial charge in [-0.1, -0.05) is 96.6 Å². The van der Waals surface area contributed by atoms with E-state index < -0.39 is 6.10 Å². The van der Waals surface area contributed by atoms with Gasteiger partial charge in [-0.2, -0.15) is 0 Å². The molecular formula is C24H46O2. The highest BCUT2D eigenvalue weighted by molar-refractivity contribution is 5.82. The van der Waals surface area contributed by atoms with Gasteiger partial charge in [0, 0.05) is 6.42 Å². The van der Waals surface area contributed by atoms with Crippen LogP contribution in [-0.2, 0) is 4.79 Å². The van der Waals surface area contributed by atoms with Crippen LogP contribution in [0.4, 0.5) is 0 Å². The maximum absolute atomic E-state index is 11.8. The molecule has 0 aliphatic rings. The van der Waals surface area contributed by atoms with Gasteiger partial charge in [0.05, 0.1) is 0 Å². The van der Waals surface area contributed by atoms with Gasteiger partial charge < -0.3 is 5.11 Å². The van der Waals surface area contributed by atoms with E-state index in [1.165, 1.54) is 70.6 Å². The van der Waals surface area contributed by atoms with Crippen molar-refractivity contribution in [3.05, 3.63) is 12.2 Å². The van der Waals surface area contributed by atoms with Gasteiger partial charge in [-0.15, -0.1) is 0 Å². The molecule has 0 radical (unpaired) electrons. The van der Waals surface area contributed by atoms with E-state index in [9.17, 15) is 9.90 Å². The molecule has 0 aromatic rings. The summed E-state index contributed by atoms with van der Waals surface area (Å²) in [6.07, 6.45) is 24.9. The molecule has 0 aliphatic carbocycles. The number of aliphatic hydroxyl groups excluding tert-OH is 1. The summed E-state index contributed by atoms with van der Waals surface area (Å²) in [6.45, 7) is 4.40. The van der Waals surface area contributed by atoms with Crippen molar-refractivity contribution >= 4 is 5.78 Å². The molecule has 154 valence electrons. The molecule has 0 saturated carbocycles. The lowest BCUT2D eigenvalue weighted by atomic mass is 10.0. The lowest BCUT2D eigenvalue weighted by molar-refractivity contribution is -0.127. The van der Waals surface area contributed by atoms with E-state index in [0.29, 0.717) is 12.8 Å². The first-order valence-electron chi connectivity index (χ1n) is 11.6. The molecule has 0 bridgehead atoms. The molecular weight excluding hydrogens is 320 g/mol. The third-order valence-electron chi connectivity index (χ3n) is 5.14. The summed E-state index contributed by atoms with van der Waals surface area (Å²) in [5.74, 6) is 0.0544. The van der Waals surface area contributed by atoms with Gasteiger partial charge in [-0.3, -0.25) is 4.79 Å². The Kier molecular flexibility index (Phi) is 20.2. The van der Waals surface area contributed by atoms with E-state index in [-0.39, 0.29) is 5.78 Å². The number of hydrogen-bond acceptors (Lipinski definition) is 2. The van der Waals surface area contributed by atoms with Crippen molar-refractivity contribution in [1.82, 2.24) is 0 Å². The van der Waals surface area contributed by atoms with E-state index in [1.54, 1.807) is 0 Å². The summed E-state index contributed by atoms with van der Waals surface area (Å²) in [4.78, 5) is 11.8. The minimum Gasteiger partial charge on any atom is -0.385 e. The van der Waals surface area contributed by atoms with Gasteiger partial charge in [0.15, 0.2) is 5.78 Å². The number of allylic oxidation sites excluding steroid dienone is 2. The van der Waals surface area contributed by atoms with E-state index in [0.717, 1.165) is 32.1 Å². The van der Waals surface area contributed by atoms with Crippen LogP contribution in [0.3, 0.4) is 0 Å². The van der Waals surface area contributed by atoms with Crippen LogP contribution < -0.4 is 0 Å². The quantitative estimate of drug-likeness (QED) is 0.178. The van der Waals surface area contributed by atoms with Crippen molar-refractivity contribution in [3.63, 3.8) is 0 Å². The molecule has 2 nitrogen and oxygen atoms in total. The molecule has 0 aromatic heterocycles. The summed E-state index contributed by atoms with van der Waals surface area (Å²) in [7, 11) is 0. The van der Waals surface area contributed by atoms with Gasteiger partial charge in [-0.05, 0) is 38.5 Å². The van der Waals surface area contributed by atoms with Crippen LogP contribution in [0.2, 0.25) is 0 Å². The summed E-state index contributed by atoms with van der Waals surface area (Å²) in [5, 5.41) is 9.80. The Bertz CT molecular complexity index is 322. The van der Waals surface area contributed by atoms with E-state index >= 15 is 0 Å². The van der Waals surface area contributed by atoms with E-state index in [2.05, 4.69) is 26.0 Å². The maximum Gasteiger partial charge on any atom is 0.161 e. The average Bonchev–Trinajstić information content (AvgIpc) is 2.64. The van der Waals surface area contributed by atoms with Gasteiger partial charge in [0.2, 0.25) is 0 Å². The van der Waals surface area contributed by atoms with Crippen molar-refractivity contribution in [2.75, 3.05) is 0 Å².